The van der Waals surface area contributed by atoms with Gasteiger partial charge in [0.1, 0.15) is 23.2 Å². The first-order chi connectivity index (χ1) is 14.2. The summed E-state index contributed by atoms with van der Waals surface area (Å²) in [6, 6.07) is 13.2. The number of ether oxygens (including phenoxy) is 1. The van der Waals surface area contributed by atoms with Gasteiger partial charge in [0.25, 0.3) is 5.91 Å². The topological polar surface area (TPSA) is 68.5 Å². The Kier molecular flexibility index (Phi) is 5.60. The molecular formula is C23H25N3O3. The number of para-hydroxylation sites is 1. The van der Waals surface area contributed by atoms with Gasteiger partial charge >= 0.3 is 0 Å². The van der Waals surface area contributed by atoms with E-state index >= 15 is 0 Å². The van der Waals surface area contributed by atoms with Gasteiger partial charge in [0.2, 0.25) is 5.89 Å². The van der Waals surface area contributed by atoms with Gasteiger partial charge in [-0.25, -0.2) is 9.97 Å². The standard InChI is InChI=1S/C23H25N3O3/c1-16-8-7-10-19(25-16)23(27)26-13-6-5-11-20(26)22-24-15-18(29-22)14-17-9-3-4-12-21(17)28-2/h3-4,7-10,12,15,20H,5-6,11,13-14H2,1-2H3. The van der Waals surface area contributed by atoms with Gasteiger partial charge in [-0.3, -0.25) is 4.79 Å². The number of benzene rings is 1. The summed E-state index contributed by atoms with van der Waals surface area (Å²) < 4.78 is 11.5. The molecule has 29 heavy (non-hydrogen) atoms. The molecule has 4 rings (SSSR count). The molecule has 3 aromatic rings. The maximum absolute atomic E-state index is 13.1. The summed E-state index contributed by atoms with van der Waals surface area (Å²) in [5, 5.41) is 0. The highest BCUT2D eigenvalue weighted by molar-refractivity contribution is 5.92. The van der Waals surface area contributed by atoms with E-state index in [4.69, 9.17) is 9.15 Å². The average molecular weight is 391 g/mol. The Labute approximate surface area is 170 Å². The number of likely N-dealkylation sites (tertiary alicyclic amines) is 1. The number of nitrogens with zero attached hydrogens (tertiary/aromatic N) is 3. The molecule has 6 nitrogen and oxygen atoms in total. The van der Waals surface area contributed by atoms with Crippen molar-refractivity contribution in [1.29, 1.82) is 0 Å². The number of hydrogen-bond acceptors (Lipinski definition) is 5. The number of methoxy groups -OCH3 is 1. The Morgan fingerprint density at radius 3 is 2.90 bits per heavy atom. The van der Waals surface area contributed by atoms with Crippen LogP contribution in [0.3, 0.4) is 0 Å². The molecule has 1 amide bonds. The summed E-state index contributed by atoms with van der Waals surface area (Å²) in [4.78, 5) is 23.9. The van der Waals surface area contributed by atoms with Gasteiger partial charge in [-0.15, -0.1) is 0 Å². The van der Waals surface area contributed by atoms with Gasteiger partial charge < -0.3 is 14.1 Å². The molecule has 1 unspecified atom stereocenters. The van der Waals surface area contributed by atoms with Crippen molar-refractivity contribution in [2.45, 2.75) is 38.6 Å². The highest BCUT2D eigenvalue weighted by atomic mass is 16.5. The lowest BCUT2D eigenvalue weighted by molar-refractivity contribution is 0.0563. The fourth-order valence-electron chi connectivity index (χ4n) is 3.84. The third-order valence-corrected chi connectivity index (χ3v) is 5.28. The van der Waals surface area contributed by atoms with E-state index in [0.29, 0.717) is 24.6 Å². The largest absolute Gasteiger partial charge is 0.496 e. The van der Waals surface area contributed by atoms with E-state index in [1.807, 2.05) is 48.2 Å². The van der Waals surface area contributed by atoms with E-state index in [-0.39, 0.29) is 11.9 Å². The zero-order valence-corrected chi connectivity index (χ0v) is 16.8. The van der Waals surface area contributed by atoms with Crippen LogP contribution in [-0.2, 0) is 6.42 Å². The Bertz CT molecular complexity index is 998. The molecule has 0 radical (unpaired) electrons. The first-order valence-electron chi connectivity index (χ1n) is 9.97. The van der Waals surface area contributed by atoms with Crippen LogP contribution in [0.25, 0.3) is 0 Å². The maximum Gasteiger partial charge on any atom is 0.273 e. The molecule has 1 aromatic carbocycles. The zero-order chi connectivity index (χ0) is 20.2. The molecule has 6 heteroatoms. The highest BCUT2D eigenvalue weighted by Crippen LogP contribution is 2.32. The van der Waals surface area contributed by atoms with E-state index in [2.05, 4.69) is 9.97 Å². The molecular weight excluding hydrogens is 366 g/mol. The molecule has 1 aliphatic rings. The molecule has 1 atom stereocenters. The Morgan fingerprint density at radius 1 is 1.21 bits per heavy atom. The van der Waals surface area contributed by atoms with Gasteiger partial charge in [0, 0.05) is 24.2 Å². The van der Waals surface area contributed by atoms with Crippen LogP contribution in [0.2, 0.25) is 0 Å². The predicted octanol–water partition coefficient (Wildman–Crippen LogP) is 4.34. The zero-order valence-electron chi connectivity index (χ0n) is 16.8. The molecule has 0 bridgehead atoms. The number of aryl methyl sites for hydroxylation is 1. The number of carbonyl (C=O) groups excluding carboxylic acids is 1. The van der Waals surface area contributed by atoms with Crippen molar-refractivity contribution in [2.75, 3.05) is 13.7 Å². The number of carbonyl (C=O) groups is 1. The monoisotopic (exact) mass is 391 g/mol. The molecule has 0 N–H and O–H groups in total. The van der Waals surface area contributed by atoms with E-state index in [0.717, 1.165) is 42.0 Å². The molecule has 1 fully saturated rings. The van der Waals surface area contributed by atoms with Crippen molar-refractivity contribution in [2.24, 2.45) is 0 Å². The summed E-state index contributed by atoms with van der Waals surface area (Å²) in [6.07, 6.45) is 5.20. The van der Waals surface area contributed by atoms with Crippen molar-refractivity contribution in [3.05, 3.63) is 77.3 Å². The van der Waals surface area contributed by atoms with Crippen molar-refractivity contribution in [1.82, 2.24) is 14.9 Å². The molecule has 1 aliphatic heterocycles. The van der Waals surface area contributed by atoms with Crippen LogP contribution in [0.15, 0.2) is 53.1 Å². The lowest BCUT2D eigenvalue weighted by Crippen LogP contribution is -2.39. The quantitative estimate of drug-likeness (QED) is 0.647. The number of piperidine rings is 1. The highest BCUT2D eigenvalue weighted by Gasteiger charge is 2.32. The lowest BCUT2D eigenvalue weighted by atomic mass is 10.0. The van der Waals surface area contributed by atoms with Gasteiger partial charge in [-0.05, 0) is 44.4 Å². The Balaban J connectivity index is 1.55. The summed E-state index contributed by atoms with van der Waals surface area (Å²) in [6.45, 7) is 2.58. The maximum atomic E-state index is 13.1. The van der Waals surface area contributed by atoms with Crippen molar-refractivity contribution in [3.63, 3.8) is 0 Å². The summed E-state index contributed by atoms with van der Waals surface area (Å²) >= 11 is 0. The fraction of sp³-hybridized carbons (Fsp3) is 0.348. The number of hydrogen-bond donors (Lipinski definition) is 0. The van der Waals surface area contributed by atoms with Crippen LogP contribution in [0.5, 0.6) is 5.75 Å². The van der Waals surface area contributed by atoms with E-state index in [9.17, 15) is 4.79 Å². The number of oxazole rings is 1. The smallest absolute Gasteiger partial charge is 0.273 e. The third kappa shape index (κ3) is 4.16. The van der Waals surface area contributed by atoms with Crippen LogP contribution in [0, 0.1) is 6.92 Å². The minimum atomic E-state index is -0.162. The second kappa shape index (κ2) is 8.47. The fourth-order valence-corrected chi connectivity index (χ4v) is 3.84. The summed E-state index contributed by atoms with van der Waals surface area (Å²) in [5.41, 5.74) is 2.34. The van der Waals surface area contributed by atoms with Crippen LogP contribution in [0.1, 0.15) is 58.7 Å². The summed E-state index contributed by atoms with van der Waals surface area (Å²) in [5.74, 6) is 2.11. The SMILES string of the molecule is COc1ccccc1Cc1cnc(C2CCCCN2C(=O)c2cccc(C)n2)o1. The van der Waals surface area contributed by atoms with Gasteiger partial charge in [0.15, 0.2) is 0 Å². The van der Waals surface area contributed by atoms with Crippen LogP contribution in [-0.4, -0.2) is 34.4 Å². The van der Waals surface area contributed by atoms with Gasteiger partial charge in [-0.2, -0.15) is 0 Å². The predicted molar refractivity (Wildman–Crippen MR) is 109 cm³/mol. The molecule has 0 spiro atoms. The molecule has 0 saturated carbocycles. The number of rotatable bonds is 5. The first-order valence-corrected chi connectivity index (χ1v) is 9.97. The van der Waals surface area contributed by atoms with Gasteiger partial charge in [0.05, 0.1) is 13.3 Å². The minimum absolute atomic E-state index is 0.0668. The van der Waals surface area contributed by atoms with Crippen LogP contribution >= 0.6 is 0 Å². The first kappa shape index (κ1) is 19.2. The van der Waals surface area contributed by atoms with Crippen LogP contribution < -0.4 is 4.74 Å². The minimum Gasteiger partial charge on any atom is -0.496 e. The van der Waals surface area contributed by atoms with Gasteiger partial charge in [-0.1, -0.05) is 24.3 Å². The van der Waals surface area contributed by atoms with E-state index in [1.165, 1.54) is 0 Å². The molecule has 1 saturated heterocycles. The number of pyridine rings is 1. The van der Waals surface area contributed by atoms with Crippen molar-refractivity contribution >= 4 is 5.91 Å². The Morgan fingerprint density at radius 2 is 2.07 bits per heavy atom. The second-order valence-electron chi connectivity index (χ2n) is 7.33. The normalized spacial score (nSPS) is 16.6. The molecule has 150 valence electrons. The van der Waals surface area contributed by atoms with Crippen molar-refractivity contribution in [3.8, 4) is 5.75 Å². The average Bonchev–Trinajstić information content (AvgIpc) is 3.22. The lowest BCUT2D eigenvalue weighted by Gasteiger charge is -2.33. The molecule has 2 aromatic heterocycles. The number of aromatic nitrogens is 2. The Hall–Kier alpha value is -3.15. The van der Waals surface area contributed by atoms with Crippen molar-refractivity contribution < 1.29 is 13.9 Å². The third-order valence-electron chi connectivity index (χ3n) is 5.28. The summed E-state index contributed by atoms with van der Waals surface area (Å²) in [7, 11) is 1.66. The molecule has 0 aliphatic carbocycles. The van der Waals surface area contributed by atoms with E-state index < -0.39 is 0 Å². The van der Waals surface area contributed by atoms with Crippen LogP contribution in [0.4, 0.5) is 0 Å². The second-order valence-corrected chi connectivity index (χ2v) is 7.33. The molecule has 3 heterocycles. The number of amides is 1. The van der Waals surface area contributed by atoms with E-state index in [1.54, 1.807) is 19.4 Å².